The Balaban J connectivity index is 2.19. The lowest BCUT2D eigenvalue weighted by Gasteiger charge is -1.95. The van der Waals surface area contributed by atoms with Gasteiger partial charge in [0.1, 0.15) is 5.58 Å². The number of aromatic nitrogens is 3. The van der Waals surface area contributed by atoms with Crippen molar-refractivity contribution in [2.24, 2.45) is 0 Å². The van der Waals surface area contributed by atoms with Crippen LogP contribution < -0.4 is 0 Å². The van der Waals surface area contributed by atoms with Crippen LogP contribution in [0.4, 0.5) is 0 Å². The Morgan fingerprint density at radius 2 is 1.61 bits per heavy atom. The lowest BCUT2D eigenvalue weighted by atomic mass is 10.2. The molecule has 0 aliphatic heterocycles. The molecule has 0 radical (unpaired) electrons. The molecule has 90 valence electrons. The van der Waals surface area contributed by atoms with Crippen LogP contribution in [0, 0.1) is 0 Å². The van der Waals surface area contributed by atoms with Gasteiger partial charge in [-0.05, 0) is 47.5 Å². The summed E-state index contributed by atoms with van der Waals surface area (Å²) in [5, 5.41) is 1.51. The molecule has 0 aliphatic rings. The van der Waals surface area contributed by atoms with E-state index in [-0.39, 0.29) is 16.4 Å². The second kappa shape index (κ2) is 4.39. The van der Waals surface area contributed by atoms with E-state index >= 15 is 0 Å². The molecule has 0 amide bonds. The van der Waals surface area contributed by atoms with Crippen LogP contribution in [-0.2, 0) is 0 Å². The predicted molar refractivity (Wildman–Crippen MR) is 70.1 cm³/mol. The van der Waals surface area contributed by atoms with Crippen molar-refractivity contribution in [1.82, 2.24) is 15.0 Å². The summed E-state index contributed by atoms with van der Waals surface area (Å²) in [6.07, 6.45) is 0. The van der Waals surface area contributed by atoms with E-state index in [0.717, 1.165) is 5.39 Å². The van der Waals surface area contributed by atoms with Crippen LogP contribution in [-0.4, -0.2) is 15.0 Å². The number of nitrogens with zero attached hydrogens (tertiary/aromatic N) is 3. The van der Waals surface area contributed by atoms with E-state index in [0.29, 0.717) is 16.4 Å². The van der Waals surface area contributed by atoms with Gasteiger partial charge in [0.15, 0.2) is 5.76 Å². The number of fused-ring (bicyclic) bond motifs is 1. The van der Waals surface area contributed by atoms with Gasteiger partial charge in [-0.3, -0.25) is 0 Å². The summed E-state index contributed by atoms with van der Waals surface area (Å²) in [5.74, 6) is 0.741. The van der Waals surface area contributed by atoms with Gasteiger partial charge in [-0.15, -0.1) is 0 Å². The third-order valence-corrected chi connectivity index (χ3v) is 2.85. The Morgan fingerprint density at radius 3 is 2.33 bits per heavy atom. The first kappa shape index (κ1) is 11.7. The Hall–Kier alpha value is -1.36. The average Bonchev–Trinajstić information content (AvgIpc) is 2.70. The second-order valence-electron chi connectivity index (χ2n) is 3.49. The summed E-state index contributed by atoms with van der Waals surface area (Å²) in [5.41, 5.74) is 0.682. The Morgan fingerprint density at radius 1 is 0.889 bits per heavy atom. The maximum absolute atomic E-state index is 5.90. The van der Waals surface area contributed by atoms with Gasteiger partial charge in [0.25, 0.3) is 0 Å². The van der Waals surface area contributed by atoms with E-state index in [1.54, 1.807) is 24.3 Å². The molecular weight excluding hydrogens is 297 g/mol. The number of hydrogen-bond acceptors (Lipinski definition) is 4. The highest BCUT2D eigenvalue weighted by atomic mass is 35.5. The Bertz CT molecular complexity index is 721. The van der Waals surface area contributed by atoms with Gasteiger partial charge in [0, 0.05) is 10.4 Å². The normalized spacial score (nSPS) is 11.1. The lowest BCUT2D eigenvalue weighted by molar-refractivity contribution is 0.624. The fraction of sp³-hybridized carbons (Fsp3) is 0. The van der Waals surface area contributed by atoms with Crippen molar-refractivity contribution in [1.29, 1.82) is 0 Å². The molecule has 2 aromatic heterocycles. The smallest absolute Gasteiger partial charge is 0.227 e. The highest BCUT2D eigenvalue weighted by Gasteiger charge is 2.11. The molecule has 18 heavy (non-hydrogen) atoms. The monoisotopic (exact) mass is 299 g/mol. The topological polar surface area (TPSA) is 51.8 Å². The van der Waals surface area contributed by atoms with Crippen molar-refractivity contribution >= 4 is 45.8 Å². The van der Waals surface area contributed by atoms with Gasteiger partial charge >= 0.3 is 0 Å². The molecular formula is C11H4Cl3N3O. The van der Waals surface area contributed by atoms with E-state index in [1.165, 1.54) is 0 Å². The molecule has 0 saturated heterocycles. The van der Waals surface area contributed by atoms with Gasteiger partial charge < -0.3 is 4.42 Å². The van der Waals surface area contributed by atoms with Crippen LogP contribution in [0.1, 0.15) is 0 Å². The molecule has 0 aliphatic carbocycles. The van der Waals surface area contributed by atoms with E-state index < -0.39 is 0 Å². The van der Waals surface area contributed by atoms with Gasteiger partial charge in [-0.2, -0.15) is 15.0 Å². The summed E-state index contributed by atoms with van der Waals surface area (Å²) in [4.78, 5) is 11.6. The van der Waals surface area contributed by atoms with E-state index in [1.807, 2.05) is 0 Å². The van der Waals surface area contributed by atoms with E-state index in [9.17, 15) is 0 Å². The van der Waals surface area contributed by atoms with Gasteiger partial charge in [-0.1, -0.05) is 11.6 Å². The second-order valence-corrected chi connectivity index (χ2v) is 4.60. The SMILES string of the molecule is Clc1ccc2oc(-c3nc(Cl)nc(Cl)n3)cc2c1. The Kier molecular flexibility index (Phi) is 2.86. The van der Waals surface area contributed by atoms with Crippen LogP contribution in [0.15, 0.2) is 28.7 Å². The minimum absolute atomic E-state index is 0.0171. The van der Waals surface area contributed by atoms with Crippen molar-refractivity contribution in [2.75, 3.05) is 0 Å². The molecule has 0 saturated carbocycles. The van der Waals surface area contributed by atoms with Gasteiger partial charge in [0.05, 0.1) is 0 Å². The molecule has 1 aromatic carbocycles. The summed E-state index contributed by atoms with van der Waals surface area (Å²) in [6, 6.07) is 7.06. The zero-order valence-corrected chi connectivity index (χ0v) is 11.0. The Labute approximate surface area is 117 Å². The van der Waals surface area contributed by atoms with E-state index in [4.69, 9.17) is 39.2 Å². The number of benzene rings is 1. The van der Waals surface area contributed by atoms with Crippen LogP contribution in [0.2, 0.25) is 15.6 Å². The molecule has 3 aromatic rings. The standard InChI is InChI=1S/C11H4Cl3N3O/c12-6-1-2-7-5(3-6)4-8(18-7)9-15-10(13)17-11(14)16-9/h1-4H. The summed E-state index contributed by atoms with van der Waals surface area (Å²) in [7, 11) is 0. The first-order valence-corrected chi connectivity index (χ1v) is 6.02. The molecule has 0 N–H and O–H groups in total. The third kappa shape index (κ3) is 2.14. The third-order valence-electron chi connectivity index (χ3n) is 2.28. The molecule has 0 bridgehead atoms. The first-order chi connectivity index (χ1) is 8.61. The minimum Gasteiger partial charge on any atom is -0.453 e. The molecule has 7 heteroatoms. The van der Waals surface area contributed by atoms with Crippen molar-refractivity contribution < 1.29 is 4.42 Å². The molecule has 0 unspecified atom stereocenters. The summed E-state index contributed by atoms with van der Waals surface area (Å²) < 4.78 is 5.59. The fourth-order valence-electron chi connectivity index (χ4n) is 1.56. The van der Waals surface area contributed by atoms with Gasteiger partial charge in [-0.25, -0.2) is 0 Å². The van der Waals surface area contributed by atoms with Crippen LogP contribution in [0.5, 0.6) is 0 Å². The maximum Gasteiger partial charge on any atom is 0.227 e. The predicted octanol–water partition coefficient (Wildman–Crippen LogP) is 4.25. The van der Waals surface area contributed by atoms with Crippen molar-refractivity contribution in [3.63, 3.8) is 0 Å². The van der Waals surface area contributed by atoms with Crippen LogP contribution >= 0.6 is 34.8 Å². The van der Waals surface area contributed by atoms with Crippen molar-refractivity contribution in [2.45, 2.75) is 0 Å². The van der Waals surface area contributed by atoms with Crippen molar-refractivity contribution in [3.05, 3.63) is 39.9 Å². The number of halogens is 3. The zero-order chi connectivity index (χ0) is 12.7. The number of rotatable bonds is 1. The molecule has 2 heterocycles. The molecule has 0 atom stereocenters. The highest BCUT2D eigenvalue weighted by molar-refractivity contribution is 6.31. The first-order valence-electron chi connectivity index (χ1n) is 4.88. The molecule has 0 fully saturated rings. The summed E-state index contributed by atoms with van der Waals surface area (Å²) >= 11 is 17.3. The van der Waals surface area contributed by atoms with Crippen LogP contribution in [0.3, 0.4) is 0 Å². The quantitative estimate of drug-likeness (QED) is 0.674. The lowest BCUT2D eigenvalue weighted by Crippen LogP contribution is -1.92. The van der Waals surface area contributed by atoms with Crippen molar-refractivity contribution in [3.8, 4) is 11.6 Å². The molecule has 3 rings (SSSR count). The molecule has 4 nitrogen and oxygen atoms in total. The maximum atomic E-state index is 5.90. The average molecular weight is 301 g/mol. The largest absolute Gasteiger partial charge is 0.453 e. The summed E-state index contributed by atoms with van der Waals surface area (Å²) in [6.45, 7) is 0. The highest BCUT2D eigenvalue weighted by Crippen LogP contribution is 2.28. The van der Waals surface area contributed by atoms with E-state index in [2.05, 4.69) is 15.0 Å². The number of hydrogen-bond donors (Lipinski definition) is 0. The molecule has 0 spiro atoms. The minimum atomic E-state index is 0.0171. The van der Waals surface area contributed by atoms with Gasteiger partial charge in [0.2, 0.25) is 16.4 Å². The zero-order valence-electron chi connectivity index (χ0n) is 8.69. The fourth-order valence-corrected chi connectivity index (χ4v) is 2.10. The van der Waals surface area contributed by atoms with Crippen LogP contribution in [0.25, 0.3) is 22.6 Å². The number of furan rings is 1.